The van der Waals surface area contributed by atoms with Gasteiger partial charge in [-0.15, -0.1) is 0 Å². The van der Waals surface area contributed by atoms with Gasteiger partial charge in [0.2, 0.25) is 5.91 Å². The average Bonchev–Trinajstić information content (AvgIpc) is 3.09. The summed E-state index contributed by atoms with van der Waals surface area (Å²) in [5.74, 6) is -0.0590. The van der Waals surface area contributed by atoms with Gasteiger partial charge < -0.3 is 26.0 Å². The van der Waals surface area contributed by atoms with Gasteiger partial charge in [-0.2, -0.15) is 0 Å². The zero-order valence-electron chi connectivity index (χ0n) is 21.4. The van der Waals surface area contributed by atoms with Crippen molar-refractivity contribution in [3.8, 4) is 5.75 Å². The molecule has 1 aliphatic rings. The van der Waals surface area contributed by atoms with Crippen LogP contribution in [0.5, 0.6) is 5.75 Å². The number of nitrogens with two attached hydrogens (primary N) is 1. The van der Waals surface area contributed by atoms with Crippen molar-refractivity contribution in [2.45, 2.75) is 37.3 Å². The second kappa shape index (κ2) is 13.7. The van der Waals surface area contributed by atoms with Gasteiger partial charge in [0.1, 0.15) is 11.6 Å². The number of hydrogen-bond acceptors (Lipinski definition) is 5. The van der Waals surface area contributed by atoms with Crippen molar-refractivity contribution < 1.29 is 18.7 Å². The maximum atomic E-state index is 13.7. The molecule has 200 valence electrons. The molecule has 1 heterocycles. The standard InChI is InChI=1S/C30H35FN4O3/c31-24-13-15-26(16-14-24)38-30(37)33-20-25-17-19-35(29(36)28(34-25)12-7-18-32)21-27(22-8-3-1-4-9-22)23-10-5-2-6-11-23/h1-6,8-11,13-16,25,27-28,34H,7,12,17-21,32H2,(H,33,37)/t25-,28-/m0/s1. The molecule has 0 saturated carbocycles. The Balaban J connectivity index is 1.44. The zero-order chi connectivity index (χ0) is 26.7. The Hall–Kier alpha value is -3.75. The van der Waals surface area contributed by atoms with Gasteiger partial charge in [-0.25, -0.2) is 9.18 Å². The molecule has 3 aromatic rings. The van der Waals surface area contributed by atoms with E-state index in [4.69, 9.17) is 10.5 Å². The van der Waals surface area contributed by atoms with Crippen molar-refractivity contribution in [2.24, 2.45) is 5.73 Å². The Labute approximate surface area is 223 Å². The number of rotatable bonds is 10. The van der Waals surface area contributed by atoms with E-state index >= 15 is 0 Å². The molecule has 1 fully saturated rings. The highest BCUT2D eigenvalue weighted by atomic mass is 19.1. The molecule has 0 bridgehead atoms. The van der Waals surface area contributed by atoms with E-state index in [2.05, 4.69) is 34.9 Å². The van der Waals surface area contributed by atoms with Crippen molar-refractivity contribution in [3.63, 3.8) is 0 Å². The number of hydrogen-bond donors (Lipinski definition) is 3. The summed E-state index contributed by atoms with van der Waals surface area (Å²) >= 11 is 0. The van der Waals surface area contributed by atoms with Gasteiger partial charge in [-0.05, 0) is 61.2 Å². The molecular formula is C30H35FN4O3. The van der Waals surface area contributed by atoms with Crippen molar-refractivity contribution in [1.82, 2.24) is 15.5 Å². The minimum atomic E-state index is -0.627. The van der Waals surface area contributed by atoms with Crippen LogP contribution >= 0.6 is 0 Å². The average molecular weight is 519 g/mol. The van der Waals surface area contributed by atoms with E-state index in [9.17, 15) is 14.0 Å². The SMILES string of the molecule is NCCC[C@@H]1N[C@H](CNC(=O)Oc2ccc(F)cc2)CCN(CC(c2ccccc2)c2ccccc2)C1=O. The molecule has 7 nitrogen and oxygen atoms in total. The Kier molecular flexibility index (Phi) is 9.84. The lowest BCUT2D eigenvalue weighted by atomic mass is 9.90. The van der Waals surface area contributed by atoms with Crippen LogP contribution in [0.15, 0.2) is 84.9 Å². The number of halogens is 1. The fourth-order valence-corrected chi connectivity index (χ4v) is 4.80. The van der Waals surface area contributed by atoms with Gasteiger partial charge in [-0.1, -0.05) is 60.7 Å². The van der Waals surface area contributed by atoms with Crippen molar-refractivity contribution >= 4 is 12.0 Å². The first-order chi connectivity index (χ1) is 18.5. The Morgan fingerprint density at radius 3 is 2.26 bits per heavy atom. The number of carbonyl (C=O) groups excluding carboxylic acids is 2. The lowest BCUT2D eigenvalue weighted by Gasteiger charge is -2.29. The minimum absolute atomic E-state index is 0.0388. The molecule has 3 aromatic carbocycles. The smallest absolute Gasteiger partial charge is 0.410 e. The highest BCUT2D eigenvalue weighted by Crippen LogP contribution is 2.27. The summed E-state index contributed by atoms with van der Waals surface area (Å²) in [5.41, 5.74) is 8.08. The predicted molar refractivity (Wildman–Crippen MR) is 145 cm³/mol. The number of benzene rings is 3. The molecule has 38 heavy (non-hydrogen) atoms. The number of carbonyl (C=O) groups is 2. The van der Waals surface area contributed by atoms with Crippen LogP contribution in [-0.4, -0.2) is 55.2 Å². The number of ether oxygens (including phenoxy) is 1. The molecule has 1 aliphatic heterocycles. The highest BCUT2D eigenvalue weighted by molar-refractivity contribution is 5.82. The molecule has 8 heteroatoms. The molecule has 0 aromatic heterocycles. The maximum Gasteiger partial charge on any atom is 0.412 e. The monoisotopic (exact) mass is 518 g/mol. The van der Waals surface area contributed by atoms with Crippen molar-refractivity contribution in [2.75, 3.05) is 26.2 Å². The third-order valence-corrected chi connectivity index (χ3v) is 6.81. The molecule has 0 spiro atoms. The largest absolute Gasteiger partial charge is 0.412 e. The van der Waals surface area contributed by atoms with Crippen LogP contribution in [0.4, 0.5) is 9.18 Å². The van der Waals surface area contributed by atoms with E-state index < -0.39 is 18.0 Å². The summed E-state index contributed by atoms with van der Waals surface area (Å²) in [4.78, 5) is 27.9. The van der Waals surface area contributed by atoms with Gasteiger partial charge in [0.25, 0.3) is 0 Å². The minimum Gasteiger partial charge on any atom is -0.410 e. The van der Waals surface area contributed by atoms with Gasteiger partial charge in [-0.3, -0.25) is 4.79 Å². The summed E-state index contributed by atoms with van der Waals surface area (Å²) in [5, 5.41) is 6.21. The van der Waals surface area contributed by atoms with E-state index in [0.29, 0.717) is 45.4 Å². The van der Waals surface area contributed by atoms with Crippen molar-refractivity contribution in [1.29, 1.82) is 0 Å². The molecule has 1 saturated heterocycles. The number of amides is 2. The summed E-state index contributed by atoms with van der Waals surface area (Å²) in [6.07, 6.45) is 1.37. The van der Waals surface area contributed by atoms with Crippen LogP contribution < -0.4 is 21.1 Å². The summed E-state index contributed by atoms with van der Waals surface area (Å²) in [6, 6.07) is 25.2. The molecule has 4 rings (SSSR count). The first-order valence-corrected chi connectivity index (χ1v) is 13.1. The Morgan fingerprint density at radius 2 is 1.66 bits per heavy atom. The molecule has 2 atom stereocenters. The molecule has 0 aliphatic carbocycles. The number of nitrogens with zero attached hydrogens (tertiary/aromatic N) is 1. The van der Waals surface area contributed by atoms with Crippen LogP contribution in [0.3, 0.4) is 0 Å². The van der Waals surface area contributed by atoms with Gasteiger partial charge >= 0.3 is 6.09 Å². The Morgan fingerprint density at radius 1 is 1.03 bits per heavy atom. The fourth-order valence-electron chi connectivity index (χ4n) is 4.80. The van der Waals surface area contributed by atoms with Gasteiger partial charge in [0.05, 0.1) is 6.04 Å². The third-order valence-electron chi connectivity index (χ3n) is 6.81. The van der Waals surface area contributed by atoms with Crippen LogP contribution in [0, 0.1) is 5.82 Å². The normalized spacial score (nSPS) is 17.8. The second-order valence-corrected chi connectivity index (χ2v) is 9.52. The van der Waals surface area contributed by atoms with Crippen LogP contribution in [0.2, 0.25) is 0 Å². The van der Waals surface area contributed by atoms with Crippen molar-refractivity contribution in [3.05, 3.63) is 102 Å². The fraction of sp³-hybridized carbons (Fsp3) is 0.333. The predicted octanol–water partition coefficient (Wildman–Crippen LogP) is 4.04. The first-order valence-electron chi connectivity index (χ1n) is 13.1. The summed E-state index contributed by atoms with van der Waals surface area (Å²) in [6.45, 7) is 1.90. The quantitative estimate of drug-likeness (QED) is 0.376. The lowest BCUT2D eigenvalue weighted by molar-refractivity contribution is -0.133. The van der Waals surface area contributed by atoms with Gasteiger partial charge in [0.15, 0.2) is 0 Å². The van der Waals surface area contributed by atoms with E-state index in [1.54, 1.807) is 0 Å². The second-order valence-electron chi connectivity index (χ2n) is 9.52. The zero-order valence-corrected chi connectivity index (χ0v) is 21.4. The first kappa shape index (κ1) is 27.3. The molecule has 0 unspecified atom stereocenters. The maximum absolute atomic E-state index is 13.7. The van der Waals surface area contributed by atoms with E-state index in [0.717, 1.165) is 11.1 Å². The summed E-state index contributed by atoms with van der Waals surface area (Å²) in [7, 11) is 0. The molecule has 0 radical (unpaired) electrons. The molecule has 4 N–H and O–H groups in total. The Bertz CT molecular complexity index is 1120. The summed E-state index contributed by atoms with van der Waals surface area (Å²) < 4.78 is 18.3. The highest BCUT2D eigenvalue weighted by Gasteiger charge is 2.32. The topological polar surface area (TPSA) is 96.7 Å². The van der Waals surface area contributed by atoms with E-state index in [1.807, 2.05) is 41.3 Å². The third kappa shape index (κ3) is 7.63. The van der Waals surface area contributed by atoms with Crippen LogP contribution in [0.1, 0.15) is 36.3 Å². The van der Waals surface area contributed by atoms with E-state index in [-0.39, 0.29) is 23.6 Å². The van der Waals surface area contributed by atoms with Gasteiger partial charge in [0, 0.05) is 31.6 Å². The lowest BCUT2D eigenvalue weighted by Crippen LogP contribution is -2.49. The van der Waals surface area contributed by atoms with E-state index in [1.165, 1.54) is 24.3 Å². The van der Waals surface area contributed by atoms with Crippen LogP contribution in [0.25, 0.3) is 0 Å². The number of nitrogens with one attached hydrogen (secondary N) is 2. The molecular weight excluding hydrogens is 483 g/mol. The molecule has 2 amide bonds. The van der Waals surface area contributed by atoms with Crippen LogP contribution in [-0.2, 0) is 4.79 Å².